The number of hydrogen-bond acceptors (Lipinski definition) is 3. The van der Waals surface area contributed by atoms with Crippen LogP contribution in [0.1, 0.15) is 23.7 Å². The van der Waals surface area contributed by atoms with Crippen molar-refractivity contribution in [3.05, 3.63) is 28.0 Å². The van der Waals surface area contributed by atoms with Crippen molar-refractivity contribution in [2.75, 3.05) is 26.3 Å². The molecule has 1 unspecified atom stereocenters. The number of carbonyl (C=O) groups is 1. The molecule has 1 saturated heterocycles. The van der Waals surface area contributed by atoms with E-state index in [1.807, 2.05) is 6.92 Å². The molecule has 0 N–H and O–H groups in total. The summed E-state index contributed by atoms with van der Waals surface area (Å²) >= 11 is 11.6. The minimum absolute atomic E-state index is 0.0690. The molecule has 1 aliphatic heterocycles. The van der Waals surface area contributed by atoms with E-state index in [4.69, 9.17) is 27.9 Å². The predicted molar refractivity (Wildman–Crippen MR) is 74.8 cm³/mol. The highest BCUT2D eigenvalue weighted by atomic mass is 35.5. The van der Waals surface area contributed by atoms with E-state index in [1.54, 1.807) is 11.0 Å². The van der Waals surface area contributed by atoms with Gasteiger partial charge < -0.3 is 9.64 Å². The van der Waals surface area contributed by atoms with Crippen LogP contribution in [0.3, 0.4) is 0 Å². The lowest BCUT2D eigenvalue weighted by Crippen LogP contribution is -2.35. The van der Waals surface area contributed by atoms with Crippen LogP contribution < -0.4 is 0 Å². The molecule has 0 radical (unpaired) electrons. The number of ether oxygens (including phenoxy) is 1. The smallest absolute Gasteiger partial charge is 0.255 e. The number of halogens is 2. The SMILES string of the molecule is CCN(CC1CCOC1)C(=O)c1cnc(Cl)c(Cl)c1. The lowest BCUT2D eigenvalue weighted by atomic mass is 10.1. The molecule has 1 fully saturated rings. The van der Waals surface area contributed by atoms with Gasteiger partial charge in [-0.15, -0.1) is 0 Å². The van der Waals surface area contributed by atoms with E-state index in [-0.39, 0.29) is 11.1 Å². The molecule has 2 heterocycles. The standard InChI is InChI=1S/C13H16Cl2N2O2/c1-2-17(7-9-3-4-19-8-9)13(18)10-5-11(14)12(15)16-6-10/h5-6,9H,2-4,7-8H2,1H3. The maximum atomic E-state index is 12.4. The molecule has 2 rings (SSSR count). The highest BCUT2D eigenvalue weighted by Gasteiger charge is 2.22. The first-order chi connectivity index (χ1) is 9.11. The maximum Gasteiger partial charge on any atom is 0.255 e. The third kappa shape index (κ3) is 3.59. The van der Waals surface area contributed by atoms with E-state index in [2.05, 4.69) is 4.98 Å². The fourth-order valence-corrected chi connectivity index (χ4v) is 2.39. The molecule has 6 heteroatoms. The Kier molecular flexibility index (Phi) is 5.02. The first-order valence-corrected chi connectivity index (χ1v) is 7.05. The number of amides is 1. The molecule has 0 aromatic carbocycles. The highest BCUT2D eigenvalue weighted by Crippen LogP contribution is 2.21. The van der Waals surface area contributed by atoms with Crippen molar-refractivity contribution < 1.29 is 9.53 Å². The summed E-state index contributed by atoms with van der Waals surface area (Å²) in [5.41, 5.74) is 0.468. The third-order valence-corrected chi connectivity index (χ3v) is 3.90. The van der Waals surface area contributed by atoms with Crippen LogP contribution >= 0.6 is 23.2 Å². The lowest BCUT2D eigenvalue weighted by Gasteiger charge is -2.23. The molecule has 19 heavy (non-hydrogen) atoms. The molecule has 0 bridgehead atoms. The van der Waals surface area contributed by atoms with E-state index in [9.17, 15) is 4.79 Å². The molecule has 1 aromatic rings. The fourth-order valence-electron chi connectivity index (χ4n) is 2.12. The molecule has 1 atom stereocenters. The quantitative estimate of drug-likeness (QED) is 0.803. The van der Waals surface area contributed by atoms with E-state index < -0.39 is 0 Å². The second kappa shape index (κ2) is 6.55. The van der Waals surface area contributed by atoms with E-state index in [1.165, 1.54) is 6.20 Å². The average Bonchev–Trinajstić information content (AvgIpc) is 2.91. The summed E-state index contributed by atoms with van der Waals surface area (Å²) in [5.74, 6) is 0.347. The van der Waals surface area contributed by atoms with E-state index >= 15 is 0 Å². The first kappa shape index (κ1) is 14.6. The summed E-state index contributed by atoms with van der Waals surface area (Å²) in [4.78, 5) is 18.1. The molecular weight excluding hydrogens is 287 g/mol. The summed E-state index contributed by atoms with van der Waals surface area (Å²) < 4.78 is 5.33. The Bertz CT molecular complexity index is 462. The zero-order chi connectivity index (χ0) is 13.8. The molecule has 1 aliphatic rings. The molecule has 1 aromatic heterocycles. The van der Waals surface area contributed by atoms with Gasteiger partial charge in [0, 0.05) is 31.8 Å². The fraction of sp³-hybridized carbons (Fsp3) is 0.538. The number of pyridine rings is 1. The molecule has 0 spiro atoms. The molecule has 0 saturated carbocycles. The van der Waals surface area contributed by atoms with Crippen molar-refractivity contribution >= 4 is 29.1 Å². The number of carbonyl (C=O) groups excluding carboxylic acids is 1. The van der Waals surface area contributed by atoms with Crippen molar-refractivity contribution in [3.8, 4) is 0 Å². The Morgan fingerprint density at radius 3 is 2.95 bits per heavy atom. The van der Waals surface area contributed by atoms with Gasteiger partial charge in [0.1, 0.15) is 5.15 Å². The van der Waals surface area contributed by atoms with Gasteiger partial charge in [0.2, 0.25) is 0 Å². The monoisotopic (exact) mass is 302 g/mol. The van der Waals surface area contributed by atoms with Gasteiger partial charge in [0.15, 0.2) is 0 Å². The highest BCUT2D eigenvalue weighted by molar-refractivity contribution is 6.41. The van der Waals surface area contributed by atoms with Gasteiger partial charge in [-0.05, 0) is 19.4 Å². The van der Waals surface area contributed by atoms with Gasteiger partial charge in [0.05, 0.1) is 17.2 Å². The maximum absolute atomic E-state index is 12.4. The number of nitrogens with zero attached hydrogens (tertiary/aromatic N) is 2. The molecular formula is C13H16Cl2N2O2. The Hall–Kier alpha value is -0.840. The zero-order valence-corrected chi connectivity index (χ0v) is 12.2. The minimum Gasteiger partial charge on any atom is -0.381 e. The van der Waals surface area contributed by atoms with Gasteiger partial charge in [0.25, 0.3) is 5.91 Å². The average molecular weight is 303 g/mol. The summed E-state index contributed by atoms with van der Waals surface area (Å²) in [7, 11) is 0. The summed E-state index contributed by atoms with van der Waals surface area (Å²) in [6, 6.07) is 1.56. The second-order valence-electron chi connectivity index (χ2n) is 4.57. The normalized spacial score (nSPS) is 18.6. The zero-order valence-electron chi connectivity index (χ0n) is 10.7. The number of aromatic nitrogens is 1. The topological polar surface area (TPSA) is 42.4 Å². The molecule has 0 aliphatic carbocycles. The minimum atomic E-state index is -0.0690. The van der Waals surface area contributed by atoms with Gasteiger partial charge in [-0.1, -0.05) is 23.2 Å². The Labute approximate surface area is 122 Å². The summed E-state index contributed by atoms with van der Waals surface area (Å²) in [5, 5.41) is 0.512. The van der Waals surface area contributed by atoms with Crippen LogP contribution in [-0.4, -0.2) is 42.1 Å². The molecule has 104 valence electrons. The van der Waals surface area contributed by atoms with Crippen LogP contribution in [0.25, 0.3) is 0 Å². The van der Waals surface area contributed by atoms with Gasteiger partial charge in [-0.2, -0.15) is 0 Å². The molecule has 1 amide bonds. The lowest BCUT2D eigenvalue weighted by molar-refractivity contribution is 0.0730. The van der Waals surface area contributed by atoms with Gasteiger partial charge in [-0.25, -0.2) is 4.98 Å². The van der Waals surface area contributed by atoms with Crippen LogP contribution in [0.2, 0.25) is 10.2 Å². The van der Waals surface area contributed by atoms with Gasteiger partial charge in [-0.3, -0.25) is 4.79 Å². The Morgan fingerprint density at radius 2 is 2.37 bits per heavy atom. The van der Waals surface area contributed by atoms with Crippen molar-refractivity contribution in [2.24, 2.45) is 5.92 Å². The first-order valence-electron chi connectivity index (χ1n) is 6.30. The summed E-state index contributed by atoms with van der Waals surface area (Å²) in [6.07, 6.45) is 2.47. The Balaban J connectivity index is 2.08. The second-order valence-corrected chi connectivity index (χ2v) is 5.34. The van der Waals surface area contributed by atoms with E-state index in [0.29, 0.717) is 29.6 Å². The van der Waals surface area contributed by atoms with Crippen molar-refractivity contribution in [1.82, 2.24) is 9.88 Å². The van der Waals surface area contributed by atoms with Crippen LogP contribution in [0.4, 0.5) is 0 Å². The van der Waals surface area contributed by atoms with Crippen LogP contribution in [0, 0.1) is 5.92 Å². The largest absolute Gasteiger partial charge is 0.381 e. The number of hydrogen-bond donors (Lipinski definition) is 0. The summed E-state index contributed by atoms with van der Waals surface area (Å²) in [6.45, 7) is 4.82. The molecule has 4 nitrogen and oxygen atoms in total. The van der Waals surface area contributed by atoms with Crippen molar-refractivity contribution in [2.45, 2.75) is 13.3 Å². The number of rotatable bonds is 4. The van der Waals surface area contributed by atoms with Crippen molar-refractivity contribution in [3.63, 3.8) is 0 Å². The third-order valence-electron chi connectivity index (χ3n) is 3.21. The van der Waals surface area contributed by atoms with E-state index in [0.717, 1.165) is 19.6 Å². The predicted octanol–water partition coefficient (Wildman–Crippen LogP) is 2.89. The van der Waals surface area contributed by atoms with Crippen LogP contribution in [0.5, 0.6) is 0 Å². The van der Waals surface area contributed by atoms with Crippen LogP contribution in [0.15, 0.2) is 12.3 Å². The van der Waals surface area contributed by atoms with Crippen LogP contribution in [-0.2, 0) is 4.74 Å². The van der Waals surface area contributed by atoms with Crippen molar-refractivity contribution in [1.29, 1.82) is 0 Å². The Morgan fingerprint density at radius 1 is 1.58 bits per heavy atom. The van der Waals surface area contributed by atoms with Gasteiger partial charge >= 0.3 is 0 Å².